The van der Waals surface area contributed by atoms with Crippen LogP contribution in [0, 0.1) is 0 Å². The molecule has 0 unspecified atom stereocenters. The molecule has 0 spiro atoms. The van der Waals surface area contributed by atoms with Gasteiger partial charge in [0.05, 0.1) is 11.2 Å². The second-order valence-corrected chi connectivity index (χ2v) is 4.97. The second-order valence-electron chi connectivity index (χ2n) is 4.97. The summed E-state index contributed by atoms with van der Waals surface area (Å²) in [6.45, 7) is 1.62. The summed E-state index contributed by atoms with van der Waals surface area (Å²) in [4.78, 5) is 7.48. The SMILES string of the molecule is FC(F)(F)c1nc(C2CCNCC2)c2ccccc2n1. The summed E-state index contributed by atoms with van der Waals surface area (Å²) >= 11 is 0. The third-order valence-corrected chi connectivity index (χ3v) is 3.61. The zero-order valence-corrected chi connectivity index (χ0v) is 10.7. The highest BCUT2D eigenvalue weighted by Gasteiger charge is 2.36. The number of hydrogen-bond donors (Lipinski definition) is 1. The predicted octanol–water partition coefficient (Wildman–Crippen LogP) is 3.12. The Morgan fingerprint density at radius 3 is 2.45 bits per heavy atom. The smallest absolute Gasteiger partial charge is 0.317 e. The molecule has 1 fully saturated rings. The minimum Gasteiger partial charge on any atom is -0.317 e. The quantitative estimate of drug-likeness (QED) is 0.872. The average molecular weight is 281 g/mol. The van der Waals surface area contributed by atoms with Crippen LogP contribution < -0.4 is 5.32 Å². The Balaban J connectivity index is 2.16. The lowest BCUT2D eigenvalue weighted by Crippen LogP contribution is -2.27. The molecule has 0 radical (unpaired) electrons. The van der Waals surface area contributed by atoms with Crippen molar-refractivity contribution in [2.45, 2.75) is 24.9 Å². The van der Waals surface area contributed by atoms with Crippen molar-refractivity contribution in [3.05, 3.63) is 35.8 Å². The van der Waals surface area contributed by atoms with Crippen LogP contribution in [0.3, 0.4) is 0 Å². The van der Waals surface area contributed by atoms with Gasteiger partial charge >= 0.3 is 6.18 Å². The molecule has 1 aliphatic heterocycles. The van der Waals surface area contributed by atoms with E-state index in [1.54, 1.807) is 18.2 Å². The average Bonchev–Trinajstić information content (AvgIpc) is 2.46. The summed E-state index contributed by atoms with van der Waals surface area (Å²) in [6, 6.07) is 6.91. The number of benzene rings is 1. The zero-order valence-electron chi connectivity index (χ0n) is 10.7. The molecule has 1 saturated heterocycles. The van der Waals surface area contributed by atoms with Crippen molar-refractivity contribution in [3.8, 4) is 0 Å². The molecule has 6 heteroatoms. The fourth-order valence-electron chi connectivity index (χ4n) is 2.63. The van der Waals surface area contributed by atoms with Crippen LogP contribution in [0.25, 0.3) is 10.9 Å². The molecule has 1 N–H and O–H groups in total. The van der Waals surface area contributed by atoms with E-state index in [1.165, 1.54) is 0 Å². The standard InChI is InChI=1S/C14H14F3N3/c15-14(16,17)13-19-11-4-2-1-3-10(11)12(20-13)9-5-7-18-8-6-9/h1-4,9,18H,5-8H2. The number of fused-ring (bicyclic) bond motifs is 1. The first-order chi connectivity index (χ1) is 9.55. The van der Waals surface area contributed by atoms with E-state index < -0.39 is 12.0 Å². The molecule has 2 heterocycles. The van der Waals surface area contributed by atoms with Crippen LogP contribution in [0.4, 0.5) is 13.2 Å². The van der Waals surface area contributed by atoms with E-state index in [0.29, 0.717) is 11.2 Å². The molecule has 0 saturated carbocycles. The summed E-state index contributed by atoms with van der Waals surface area (Å²) in [5, 5.41) is 3.94. The third-order valence-electron chi connectivity index (χ3n) is 3.61. The third kappa shape index (κ3) is 2.47. The van der Waals surface area contributed by atoms with Gasteiger partial charge in [0.2, 0.25) is 5.82 Å². The Labute approximate surface area is 114 Å². The Bertz CT molecular complexity index is 619. The molecule has 106 valence electrons. The Morgan fingerprint density at radius 2 is 1.75 bits per heavy atom. The number of rotatable bonds is 1. The van der Waals surface area contributed by atoms with Gasteiger partial charge < -0.3 is 5.32 Å². The van der Waals surface area contributed by atoms with E-state index in [-0.39, 0.29) is 5.92 Å². The van der Waals surface area contributed by atoms with E-state index in [0.717, 1.165) is 31.3 Å². The van der Waals surface area contributed by atoms with E-state index in [9.17, 15) is 13.2 Å². The number of piperidine rings is 1. The topological polar surface area (TPSA) is 37.8 Å². The molecule has 1 aromatic heterocycles. The van der Waals surface area contributed by atoms with Gasteiger partial charge in [-0.3, -0.25) is 0 Å². The first-order valence-electron chi connectivity index (χ1n) is 6.60. The molecule has 0 amide bonds. The molecular formula is C14H14F3N3. The van der Waals surface area contributed by atoms with Gasteiger partial charge in [0.15, 0.2) is 0 Å². The molecule has 3 rings (SSSR count). The van der Waals surface area contributed by atoms with Crippen LogP contribution in [-0.4, -0.2) is 23.1 Å². The maximum atomic E-state index is 12.9. The molecular weight excluding hydrogens is 267 g/mol. The van der Waals surface area contributed by atoms with Crippen molar-refractivity contribution >= 4 is 10.9 Å². The fourth-order valence-corrected chi connectivity index (χ4v) is 2.63. The maximum absolute atomic E-state index is 12.9. The lowest BCUT2D eigenvalue weighted by molar-refractivity contribution is -0.144. The molecule has 1 aliphatic rings. The zero-order chi connectivity index (χ0) is 14.2. The highest BCUT2D eigenvalue weighted by atomic mass is 19.4. The number of nitrogens with one attached hydrogen (secondary N) is 1. The van der Waals surface area contributed by atoms with Gasteiger partial charge in [-0.15, -0.1) is 0 Å². The number of alkyl halides is 3. The fraction of sp³-hybridized carbons (Fsp3) is 0.429. The minimum absolute atomic E-state index is 0.0604. The summed E-state index contributed by atoms with van der Waals surface area (Å²) in [5.74, 6) is -0.977. The number of halogens is 3. The van der Waals surface area contributed by atoms with Crippen LogP contribution in [0.5, 0.6) is 0 Å². The Kier molecular flexibility index (Phi) is 3.33. The molecule has 0 bridgehead atoms. The van der Waals surface area contributed by atoms with Gasteiger partial charge in [-0.2, -0.15) is 13.2 Å². The summed E-state index contributed by atoms with van der Waals surface area (Å²) in [7, 11) is 0. The van der Waals surface area contributed by atoms with E-state index in [2.05, 4.69) is 15.3 Å². The summed E-state index contributed by atoms with van der Waals surface area (Å²) < 4.78 is 38.8. The number of aromatic nitrogens is 2. The normalized spacial score (nSPS) is 17.6. The first-order valence-corrected chi connectivity index (χ1v) is 6.60. The van der Waals surface area contributed by atoms with Crippen molar-refractivity contribution in [1.82, 2.24) is 15.3 Å². The monoisotopic (exact) mass is 281 g/mol. The first kappa shape index (κ1) is 13.3. The molecule has 1 aromatic carbocycles. The molecule has 0 atom stereocenters. The Morgan fingerprint density at radius 1 is 1.05 bits per heavy atom. The lowest BCUT2D eigenvalue weighted by atomic mass is 9.92. The van der Waals surface area contributed by atoms with Gasteiger partial charge in [0, 0.05) is 11.3 Å². The van der Waals surface area contributed by atoms with E-state index in [4.69, 9.17) is 0 Å². The van der Waals surface area contributed by atoms with Crippen molar-refractivity contribution in [1.29, 1.82) is 0 Å². The van der Waals surface area contributed by atoms with Crippen LogP contribution in [0.15, 0.2) is 24.3 Å². The Hall–Kier alpha value is -1.69. The van der Waals surface area contributed by atoms with Crippen LogP contribution in [0.1, 0.15) is 30.3 Å². The van der Waals surface area contributed by atoms with Gasteiger partial charge in [-0.05, 0) is 32.0 Å². The second kappa shape index (κ2) is 5.01. The molecule has 0 aliphatic carbocycles. The van der Waals surface area contributed by atoms with Crippen molar-refractivity contribution in [3.63, 3.8) is 0 Å². The number of nitrogens with zero attached hydrogens (tertiary/aromatic N) is 2. The summed E-state index contributed by atoms with van der Waals surface area (Å²) in [6.07, 6.45) is -2.90. The minimum atomic E-state index is -4.51. The van der Waals surface area contributed by atoms with Crippen LogP contribution >= 0.6 is 0 Å². The van der Waals surface area contributed by atoms with Crippen molar-refractivity contribution < 1.29 is 13.2 Å². The highest BCUT2D eigenvalue weighted by molar-refractivity contribution is 5.81. The van der Waals surface area contributed by atoms with E-state index in [1.807, 2.05) is 6.07 Å². The molecule has 2 aromatic rings. The summed E-state index contributed by atoms with van der Waals surface area (Å²) in [5.41, 5.74) is 0.896. The number of para-hydroxylation sites is 1. The largest absolute Gasteiger partial charge is 0.451 e. The predicted molar refractivity (Wildman–Crippen MR) is 69.4 cm³/mol. The van der Waals surface area contributed by atoms with Gasteiger partial charge in [0.25, 0.3) is 0 Å². The maximum Gasteiger partial charge on any atom is 0.451 e. The van der Waals surface area contributed by atoms with Crippen LogP contribution in [-0.2, 0) is 6.18 Å². The number of hydrogen-bond acceptors (Lipinski definition) is 3. The molecule has 20 heavy (non-hydrogen) atoms. The van der Waals surface area contributed by atoms with Crippen LogP contribution in [0.2, 0.25) is 0 Å². The van der Waals surface area contributed by atoms with Gasteiger partial charge in [-0.25, -0.2) is 9.97 Å². The van der Waals surface area contributed by atoms with Crippen molar-refractivity contribution in [2.24, 2.45) is 0 Å². The molecule has 3 nitrogen and oxygen atoms in total. The van der Waals surface area contributed by atoms with Gasteiger partial charge in [-0.1, -0.05) is 18.2 Å². The highest BCUT2D eigenvalue weighted by Crippen LogP contribution is 2.33. The van der Waals surface area contributed by atoms with Gasteiger partial charge in [0.1, 0.15) is 0 Å². The van der Waals surface area contributed by atoms with E-state index >= 15 is 0 Å². The lowest BCUT2D eigenvalue weighted by Gasteiger charge is -2.23. The van der Waals surface area contributed by atoms with Crippen molar-refractivity contribution in [2.75, 3.05) is 13.1 Å².